The van der Waals surface area contributed by atoms with Crippen LogP contribution in [-0.4, -0.2) is 16.2 Å². The van der Waals surface area contributed by atoms with Crippen molar-refractivity contribution in [2.75, 3.05) is 16.5 Å². The molecule has 1 aliphatic rings. The van der Waals surface area contributed by atoms with E-state index < -0.39 is 0 Å². The summed E-state index contributed by atoms with van der Waals surface area (Å²) >= 11 is 0. The first kappa shape index (κ1) is 41.9. The monoisotopic (exact) mass is 850 g/mol. The third-order valence-corrected chi connectivity index (χ3v) is 12.7. The summed E-state index contributed by atoms with van der Waals surface area (Å²) < 4.78 is 9.24. The van der Waals surface area contributed by atoms with Crippen molar-refractivity contribution in [1.82, 2.24) is 9.55 Å². The minimum atomic E-state index is -0.0225. The zero-order valence-corrected chi connectivity index (χ0v) is 38.7. The molecule has 0 spiro atoms. The van der Waals surface area contributed by atoms with Gasteiger partial charge in [0.15, 0.2) is 0 Å². The van der Waals surface area contributed by atoms with Crippen LogP contribution in [0.3, 0.4) is 0 Å². The molecule has 0 amide bonds. The number of hydrogen-bond donors (Lipinski definition) is 0. The van der Waals surface area contributed by atoms with Gasteiger partial charge in [0.05, 0.1) is 28.1 Å². The molecular weight excluding hydrogens is 793 g/mol. The number of hydrogen-bond acceptors (Lipinski definition) is 4. The Morgan fingerprint density at radius 1 is 0.538 bits per heavy atom. The van der Waals surface area contributed by atoms with Gasteiger partial charge in [-0.3, -0.25) is 4.57 Å². The topological polar surface area (TPSA) is 33.5 Å². The van der Waals surface area contributed by atoms with E-state index in [1.165, 1.54) is 60.9 Å². The predicted molar refractivity (Wildman–Crippen MR) is 274 cm³/mol. The highest BCUT2D eigenvalue weighted by atomic mass is 16.5. The maximum Gasteiger partial charge on any atom is 0.137 e. The van der Waals surface area contributed by atoms with Crippen LogP contribution >= 0.6 is 0 Å². The van der Waals surface area contributed by atoms with Gasteiger partial charge in [0.1, 0.15) is 24.0 Å². The first-order valence-electron chi connectivity index (χ1n) is 23.2. The number of ether oxygens (including phenoxy) is 1. The molecule has 0 bridgehead atoms. The number of anilines is 4. The Morgan fingerprint density at radius 3 is 1.77 bits per heavy atom. The van der Waals surface area contributed by atoms with E-state index in [0.29, 0.717) is 18.5 Å². The van der Waals surface area contributed by atoms with E-state index in [-0.39, 0.29) is 5.41 Å². The second-order valence-corrected chi connectivity index (χ2v) is 19.5. The maximum absolute atomic E-state index is 6.88. The van der Waals surface area contributed by atoms with E-state index in [0.717, 1.165) is 52.7 Å². The Balaban J connectivity index is 1.05. The van der Waals surface area contributed by atoms with Gasteiger partial charge in [-0.1, -0.05) is 146 Å². The van der Waals surface area contributed by atoms with Gasteiger partial charge in [-0.2, -0.15) is 0 Å². The Morgan fingerprint density at radius 2 is 1.12 bits per heavy atom. The summed E-state index contributed by atoms with van der Waals surface area (Å²) in [6, 6.07) is 61.3. The molecule has 5 nitrogen and oxygen atoms in total. The van der Waals surface area contributed by atoms with Crippen LogP contribution in [-0.2, 0) is 18.3 Å². The SMILES string of the molecule is CC(C)Cc1cc2c3ccc(Oc4cccc(N5CN(c6c(-c7ccccc7)cccc6-c6ccccc6)c6ccccc65)c4)cc3n(-c3cc(C(C)(C)C)ccn3)c2cc1CC(C)C. The van der Waals surface area contributed by atoms with E-state index in [1.807, 2.05) is 6.20 Å². The van der Waals surface area contributed by atoms with Crippen LogP contribution in [0.4, 0.5) is 22.7 Å². The van der Waals surface area contributed by atoms with Crippen molar-refractivity contribution < 1.29 is 4.74 Å². The van der Waals surface area contributed by atoms with E-state index in [2.05, 4.69) is 233 Å². The van der Waals surface area contributed by atoms with Crippen LogP contribution < -0.4 is 14.5 Å². The van der Waals surface area contributed by atoms with Crippen molar-refractivity contribution in [1.29, 1.82) is 0 Å². The minimum Gasteiger partial charge on any atom is -0.457 e. The quantitative estimate of drug-likeness (QED) is 0.130. The number of pyridine rings is 1. The van der Waals surface area contributed by atoms with Gasteiger partial charge >= 0.3 is 0 Å². The molecule has 0 saturated heterocycles. The fourth-order valence-corrected chi connectivity index (χ4v) is 9.72. The minimum absolute atomic E-state index is 0.0225. The standard InChI is InChI=1S/C60H58N4O/c1-40(2)32-44-34-53-52-29-28-49(38-57(52)64(56(53)35-45(44)33-41(3)4)58-36-46(30-31-61-58)60(5,6)7)65-48-23-16-22-47(37-48)62-39-63(55-27-15-14-26-54(55)62)59-50(42-18-10-8-11-19-42)24-17-25-51(59)43-20-12-9-13-21-43/h8-31,34-38,40-41H,32-33,39H2,1-7H3. The summed E-state index contributed by atoms with van der Waals surface area (Å²) in [5.74, 6) is 3.58. The lowest BCUT2D eigenvalue weighted by atomic mass is 9.88. The zero-order valence-electron chi connectivity index (χ0n) is 38.7. The number of benzene rings is 7. The normalized spacial score (nSPS) is 12.8. The first-order valence-corrected chi connectivity index (χ1v) is 23.2. The van der Waals surface area contributed by atoms with Gasteiger partial charge in [-0.05, 0) is 119 Å². The molecule has 324 valence electrons. The van der Waals surface area contributed by atoms with Gasteiger partial charge < -0.3 is 14.5 Å². The number of aromatic nitrogens is 2. The lowest BCUT2D eigenvalue weighted by molar-refractivity contribution is 0.483. The van der Waals surface area contributed by atoms with Crippen molar-refractivity contribution in [3.8, 4) is 39.6 Å². The van der Waals surface area contributed by atoms with Gasteiger partial charge in [-0.25, -0.2) is 4.98 Å². The van der Waals surface area contributed by atoms with Gasteiger partial charge in [-0.15, -0.1) is 0 Å². The van der Waals surface area contributed by atoms with E-state index >= 15 is 0 Å². The van der Waals surface area contributed by atoms with Gasteiger partial charge in [0.25, 0.3) is 0 Å². The molecule has 0 atom stereocenters. The van der Waals surface area contributed by atoms with E-state index in [4.69, 9.17) is 9.72 Å². The van der Waals surface area contributed by atoms with Crippen LogP contribution in [0.15, 0.2) is 176 Å². The van der Waals surface area contributed by atoms with E-state index in [1.54, 1.807) is 0 Å². The molecule has 65 heavy (non-hydrogen) atoms. The molecule has 0 saturated carbocycles. The Bertz CT molecular complexity index is 3100. The summed E-state index contributed by atoms with van der Waals surface area (Å²) in [5.41, 5.74) is 15.7. The molecule has 0 unspecified atom stereocenters. The molecule has 0 aliphatic carbocycles. The Labute approximate surface area is 384 Å². The summed E-state index contributed by atoms with van der Waals surface area (Å²) in [5, 5.41) is 2.45. The van der Waals surface area contributed by atoms with Gasteiger partial charge in [0, 0.05) is 45.9 Å². The van der Waals surface area contributed by atoms with Crippen LogP contribution in [0.25, 0.3) is 49.9 Å². The number of rotatable bonds is 11. The van der Waals surface area contributed by atoms with Crippen molar-refractivity contribution in [3.63, 3.8) is 0 Å². The summed E-state index contributed by atoms with van der Waals surface area (Å²) in [7, 11) is 0. The Kier molecular flexibility index (Phi) is 11.0. The molecule has 0 fully saturated rings. The molecule has 0 radical (unpaired) electrons. The van der Waals surface area contributed by atoms with Crippen LogP contribution in [0.1, 0.15) is 65.2 Å². The lowest BCUT2D eigenvalue weighted by Crippen LogP contribution is -2.24. The highest BCUT2D eigenvalue weighted by molar-refractivity contribution is 6.10. The van der Waals surface area contributed by atoms with Gasteiger partial charge in [0.2, 0.25) is 0 Å². The molecular formula is C60H58N4O. The van der Waals surface area contributed by atoms with Crippen LogP contribution in [0.5, 0.6) is 11.5 Å². The molecule has 5 heteroatoms. The van der Waals surface area contributed by atoms with Crippen LogP contribution in [0.2, 0.25) is 0 Å². The molecule has 3 heterocycles. The summed E-state index contributed by atoms with van der Waals surface area (Å²) in [4.78, 5) is 9.90. The average molecular weight is 851 g/mol. The van der Waals surface area contributed by atoms with Crippen molar-refractivity contribution >= 4 is 44.6 Å². The highest BCUT2D eigenvalue weighted by Crippen LogP contribution is 2.50. The zero-order chi connectivity index (χ0) is 44.8. The molecule has 7 aromatic carbocycles. The number of para-hydroxylation sites is 3. The fraction of sp³-hybridized carbons (Fsp3) is 0.217. The summed E-state index contributed by atoms with van der Waals surface area (Å²) in [6.45, 7) is 16.7. The van der Waals surface area contributed by atoms with E-state index in [9.17, 15) is 0 Å². The number of nitrogens with zero attached hydrogens (tertiary/aromatic N) is 4. The number of fused-ring (bicyclic) bond motifs is 4. The molecule has 10 rings (SSSR count). The third kappa shape index (κ3) is 8.16. The summed E-state index contributed by atoms with van der Waals surface area (Å²) in [6.07, 6.45) is 4.04. The molecule has 2 aromatic heterocycles. The predicted octanol–water partition coefficient (Wildman–Crippen LogP) is 16.2. The largest absolute Gasteiger partial charge is 0.457 e. The average Bonchev–Trinajstić information content (AvgIpc) is 3.84. The second-order valence-electron chi connectivity index (χ2n) is 19.5. The smallest absolute Gasteiger partial charge is 0.137 e. The fourth-order valence-electron chi connectivity index (χ4n) is 9.72. The first-order chi connectivity index (χ1) is 31.5. The lowest BCUT2D eigenvalue weighted by Gasteiger charge is -2.27. The van der Waals surface area contributed by atoms with Crippen molar-refractivity contribution in [2.24, 2.45) is 11.8 Å². The van der Waals surface area contributed by atoms with Crippen LogP contribution in [0, 0.1) is 11.8 Å². The molecule has 9 aromatic rings. The highest BCUT2D eigenvalue weighted by Gasteiger charge is 2.31. The Hall–Kier alpha value is -7.11. The van der Waals surface area contributed by atoms with Crippen molar-refractivity contribution in [2.45, 2.75) is 66.7 Å². The maximum atomic E-state index is 6.88. The molecule has 1 aliphatic heterocycles. The third-order valence-electron chi connectivity index (χ3n) is 12.7. The second kappa shape index (κ2) is 17.1. The molecule has 0 N–H and O–H groups in total. The van der Waals surface area contributed by atoms with Crippen molar-refractivity contribution in [3.05, 3.63) is 193 Å².